The van der Waals surface area contributed by atoms with Crippen LogP contribution in [-0.2, 0) is 0 Å². The van der Waals surface area contributed by atoms with Crippen molar-refractivity contribution < 1.29 is 8.78 Å². The van der Waals surface area contributed by atoms with E-state index < -0.39 is 5.92 Å². The highest BCUT2D eigenvalue weighted by molar-refractivity contribution is 6.14. The summed E-state index contributed by atoms with van der Waals surface area (Å²) in [6.07, 6.45) is 9.84. The minimum atomic E-state index is -2.70. The normalized spacial score (nSPS) is 24.0. The molecule has 0 bridgehead atoms. The van der Waals surface area contributed by atoms with E-state index in [1.807, 2.05) is 6.08 Å². The minimum absolute atomic E-state index is 0.0454. The van der Waals surface area contributed by atoms with Crippen molar-refractivity contribution >= 4 is 17.7 Å². The SMILES string of the molecule is CN=CC(=CN)C1=CCC2NN=C(c3cc(N4CCCC(F)(F)C4)ncn3)C2=C1. The molecule has 3 heterocycles. The first-order valence-corrected chi connectivity index (χ1v) is 9.56. The number of hydrogen-bond donors (Lipinski definition) is 2. The zero-order valence-electron chi connectivity index (χ0n) is 16.1. The van der Waals surface area contributed by atoms with Gasteiger partial charge in [0.1, 0.15) is 17.9 Å². The summed E-state index contributed by atoms with van der Waals surface area (Å²) in [7, 11) is 1.69. The summed E-state index contributed by atoms with van der Waals surface area (Å²) >= 11 is 0. The standard InChI is InChI=1S/C20H23F2N7/c1-24-10-14(9-23)13-3-4-16-15(7-13)19(28-27-16)17-8-18(26-12-25-17)29-6-2-5-20(21,22)11-29/h3,7-10,12,16,27H,2,4-6,11,23H2,1H3. The Morgan fingerprint density at radius 3 is 3.03 bits per heavy atom. The Labute approximate surface area is 167 Å². The molecule has 0 radical (unpaired) electrons. The van der Waals surface area contributed by atoms with Crippen LogP contribution in [0.25, 0.3) is 0 Å². The third-order valence-corrected chi connectivity index (χ3v) is 5.26. The molecule has 1 atom stereocenters. The van der Waals surface area contributed by atoms with Gasteiger partial charge in [-0.15, -0.1) is 0 Å². The molecular formula is C20H23F2N7. The predicted molar refractivity (Wildman–Crippen MR) is 109 cm³/mol. The molecular weight excluding hydrogens is 376 g/mol. The molecule has 3 N–H and O–H groups in total. The number of rotatable bonds is 4. The summed E-state index contributed by atoms with van der Waals surface area (Å²) in [5.41, 5.74) is 12.9. The van der Waals surface area contributed by atoms with E-state index in [0.717, 1.165) is 23.1 Å². The Morgan fingerprint density at radius 2 is 2.28 bits per heavy atom. The van der Waals surface area contributed by atoms with E-state index in [-0.39, 0.29) is 19.0 Å². The van der Waals surface area contributed by atoms with Crippen molar-refractivity contribution in [1.82, 2.24) is 15.4 Å². The molecule has 152 valence electrons. The second-order valence-corrected chi connectivity index (χ2v) is 7.29. The Morgan fingerprint density at radius 1 is 1.41 bits per heavy atom. The molecule has 1 fully saturated rings. The lowest BCUT2D eigenvalue weighted by Crippen LogP contribution is -2.43. The quantitative estimate of drug-likeness (QED) is 0.758. The average Bonchev–Trinajstić information content (AvgIpc) is 3.14. The molecule has 0 saturated carbocycles. The third kappa shape index (κ3) is 3.90. The van der Waals surface area contributed by atoms with E-state index in [4.69, 9.17) is 5.73 Å². The number of fused-ring (bicyclic) bond motifs is 1. The molecule has 3 aliphatic rings. The van der Waals surface area contributed by atoms with E-state index in [9.17, 15) is 8.78 Å². The second kappa shape index (κ2) is 7.73. The van der Waals surface area contributed by atoms with E-state index in [2.05, 4.69) is 31.6 Å². The highest BCUT2D eigenvalue weighted by Gasteiger charge is 2.36. The molecule has 9 heteroatoms. The van der Waals surface area contributed by atoms with E-state index >= 15 is 0 Å². The summed E-state index contributed by atoms with van der Waals surface area (Å²) in [4.78, 5) is 14.2. The van der Waals surface area contributed by atoms with Gasteiger partial charge in [0.2, 0.25) is 0 Å². The molecule has 2 aliphatic heterocycles. The third-order valence-electron chi connectivity index (χ3n) is 5.26. The Hall–Kier alpha value is -3.10. The Bertz CT molecular complexity index is 946. The number of anilines is 1. The maximum atomic E-state index is 13.8. The molecule has 0 amide bonds. The van der Waals surface area contributed by atoms with E-state index in [1.54, 1.807) is 24.2 Å². The van der Waals surface area contributed by atoms with Crippen molar-refractivity contribution in [3.8, 4) is 0 Å². The Kier molecular flexibility index (Phi) is 5.12. The molecule has 29 heavy (non-hydrogen) atoms. The van der Waals surface area contributed by atoms with Crippen LogP contribution in [0, 0.1) is 0 Å². The topological polar surface area (TPSA) is 91.8 Å². The fraction of sp³-hybridized carbons (Fsp3) is 0.400. The minimum Gasteiger partial charge on any atom is -0.404 e. The largest absolute Gasteiger partial charge is 0.404 e. The Balaban J connectivity index is 1.62. The van der Waals surface area contributed by atoms with Crippen molar-refractivity contribution in [3.63, 3.8) is 0 Å². The highest BCUT2D eigenvalue weighted by atomic mass is 19.3. The van der Waals surface area contributed by atoms with Crippen LogP contribution in [0.5, 0.6) is 0 Å². The van der Waals surface area contributed by atoms with E-state index in [1.165, 1.54) is 12.5 Å². The van der Waals surface area contributed by atoms with Crippen molar-refractivity contribution in [1.29, 1.82) is 0 Å². The van der Waals surface area contributed by atoms with Crippen LogP contribution in [0.4, 0.5) is 14.6 Å². The van der Waals surface area contributed by atoms with Gasteiger partial charge in [-0.3, -0.25) is 4.99 Å². The molecule has 1 aromatic heterocycles. The van der Waals surface area contributed by atoms with Crippen LogP contribution in [0.3, 0.4) is 0 Å². The number of halogens is 2. The van der Waals surface area contributed by atoms with Crippen molar-refractivity contribution in [2.75, 3.05) is 25.0 Å². The molecule has 1 aromatic rings. The molecule has 0 spiro atoms. The summed E-state index contributed by atoms with van der Waals surface area (Å²) in [5, 5.41) is 4.45. The van der Waals surface area contributed by atoms with Crippen LogP contribution in [0.15, 0.2) is 57.6 Å². The predicted octanol–water partition coefficient (Wildman–Crippen LogP) is 2.19. The maximum Gasteiger partial charge on any atom is 0.265 e. The number of hydrazone groups is 1. The van der Waals surface area contributed by atoms with Gasteiger partial charge in [-0.25, -0.2) is 18.7 Å². The van der Waals surface area contributed by atoms with Gasteiger partial charge >= 0.3 is 0 Å². The number of nitrogens with one attached hydrogen (secondary N) is 1. The number of nitrogens with zero attached hydrogens (tertiary/aromatic N) is 5. The van der Waals surface area contributed by atoms with Gasteiger partial charge in [-0.05, 0) is 24.5 Å². The van der Waals surface area contributed by atoms with Gasteiger partial charge in [0, 0.05) is 49.6 Å². The zero-order valence-corrected chi connectivity index (χ0v) is 16.1. The molecule has 1 unspecified atom stereocenters. The summed E-state index contributed by atoms with van der Waals surface area (Å²) < 4.78 is 27.6. The number of alkyl halides is 2. The summed E-state index contributed by atoms with van der Waals surface area (Å²) in [6.45, 7) is 0.226. The molecule has 4 rings (SSSR count). The lowest BCUT2D eigenvalue weighted by molar-refractivity contribution is -0.0118. The van der Waals surface area contributed by atoms with Gasteiger partial charge in [0.15, 0.2) is 0 Å². The van der Waals surface area contributed by atoms with Crippen LogP contribution >= 0.6 is 0 Å². The molecule has 1 aliphatic carbocycles. The van der Waals surface area contributed by atoms with Crippen molar-refractivity contribution in [2.45, 2.75) is 31.2 Å². The molecule has 7 nitrogen and oxygen atoms in total. The number of nitrogens with two attached hydrogens (primary N) is 1. The first-order valence-electron chi connectivity index (χ1n) is 9.56. The first kappa shape index (κ1) is 19.2. The van der Waals surface area contributed by atoms with Gasteiger partial charge in [-0.2, -0.15) is 5.10 Å². The molecule has 0 aromatic carbocycles. The number of hydrogen-bond acceptors (Lipinski definition) is 7. The van der Waals surface area contributed by atoms with Crippen LogP contribution in [-0.4, -0.2) is 54.0 Å². The summed E-state index contributed by atoms with van der Waals surface area (Å²) in [6, 6.07) is 1.78. The zero-order chi connectivity index (χ0) is 20.4. The van der Waals surface area contributed by atoms with E-state index in [0.29, 0.717) is 30.2 Å². The van der Waals surface area contributed by atoms with Gasteiger partial charge < -0.3 is 16.1 Å². The number of aliphatic imine (C=N–C) groups is 1. The second-order valence-electron chi connectivity index (χ2n) is 7.29. The lowest BCUT2D eigenvalue weighted by Gasteiger charge is -2.33. The fourth-order valence-electron chi connectivity index (χ4n) is 3.83. The fourth-order valence-corrected chi connectivity index (χ4v) is 3.83. The van der Waals surface area contributed by atoms with Crippen LogP contribution < -0.4 is 16.1 Å². The van der Waals surface area contributed by atoms with Crippen LogP contribution in [0.1, 0.15) is 25.0 Å². The van der Waals surface area contributed by atoms with Crippen molar-refractivity contribution in [3.05, 3.63) is 53.2 Å². The maximum absolute atomic E-state index is 13.8. The van der Waals surface area contributed by atoms with Crippen LogP contribution in [0.2, 0.25) is 0 Å². The number of piperidine rings is 1. The first-order chi connectivity index (χ1) is 14.0. The average molecular weight is 399 g/mol. The van der Waals surface area contributed by atoms with Crippen molar-refractivity contribution in [2.24, 2.45) is 15.8 Å². The summed E-state index contributed by atoms with van der Waals surface area (Å²) in [5.74, 6) is -2.20. The molecule has 1 saturated heterocycles. The smallest absolute Gasteiger partial charge is 0.265 e. The highest BCUT2D eigenvalue weighted by Crippen LogP contribution is 2.31. The monoisotopic (exact) mass is 399 g/mol. The number of aromatic nitrogens is 2. The number of allylic oxidation sites excluding steroid dienone is 3. The lowest BCUT2D eigenvalue weighted by atomic mass is 9.89. The van der Waals surface area contributed by atoms with Gasteiger partial charge in [-0.1, -0.05) is 6.08 Å². The van der Waals surface area contributed by atoms with Gasteiger partial charge in [0.25, 0.3) is 5.92 Å². The van der Waals surface area contributed by atoms with Gasteiger partial charge in [0.05, 0.1) is 18.3 Å².